The highest BCUT2D eigenvalue weighted by Gasteiger charge is 2.23. The Morgan fingerprint density at radius 1 is 1.04 bits per heavy atom. The fourth-order valence-electron chi connectivity index (χ4n) is 2.21. The number of rotatable bonds is 6. The van der Waals surface area contributed by atoms with Crippen molar-refractivity contribution in [3.63, 3.8) is 0 Å². The second kappa shape index (κ2) is 8.23. The molecule has 2 rings (SSSR count). The first-order valence-electron chi connectivity index (χ1n) is 7.41. The molecule has 1 atom stereocenters. The molecule has 0 saturated carbocycles. The maximum atomic E-state index is 13.3. The molecule has 0 aromatic heterocycles. The van der Waals surface area contributed by atoms with Crippen LogP contribution in [0.5, 0.6) is 5.75 Å². The van der Waals surface area contributed by atoms with Gasteiger partial charge in [0.15, 0.2) is 11.6 Å². The molecule has 2 aromatic carbocycles. The van der Waals surface area contributed by atoms with Crippen LogP contribution in [0.15, 0.2) is 42.5 Å². The summed E-state index contributed by atoms with van der Waals surface area (Å²) >= 11 is 0. The van der Waals surface area contributed by atoms with Gasteiger partial charge in [-0.2, -0.15) is 0 Å². The minimum absolute atomic E-state index is 0.0949. The fourth-order valence-corrected chi connectivity index (χ4v) is 2.21. The Balaban J connectivity index is 2.14. The molecule has 7 heteroatoms. The van der Waals surface area contributed by atoms with Gasteiger partial charge < -0.3 is 14.8 Å². The largest absolute Gasteiger partial charge is 0.497 e. The Labute approximate surface area is 143 Å². The molecule has 1 amide bonds. The van der Waals surface area contributed by atoms with Crippen LogP contribution in [-0.4, -0.2) is 32.1 Å². The van der Waals surface area contributed by atoms with Gasteiger partial charge >= 0.3 is 5.97 Å². The molecule has 0 radical (unpaired) electrons. The number of ether oxygens (including phenoxy) is 2. The van der Waals surface area contributed by atoms with Gasteiger partial charge in [-0.3, -0.25) is 4.79 Å². The van der Waals surface area contributed by atoms with Gasteiger partial charge in [0, 0.05) is 12.0 Å². The van der Waals surface area contributed by atoms with E-state index >= 15 is 0 Å². The van der Waals surface area contributed by atoms with Crippen LogP contribution in [0.2, 0.25) is 0 Å². The third-order valence-electron chi connectivity index (χ3n) is 3.57. The molecule has 1 N–H and O–H groups in total. The van der Waals surface area contributed by atoms with Crippen LogP contribution >= 0.6 is 0 Å². The summed E-state index contributed by atoms with van der Waals surface area (Å²) in [7, 11) is 2.74. The molecule has 132 valence electrons. The van der Waals surface area contributed by atoms with Gasteiger partial charge in [-0.25, -0.2) is 13.6 Å². The van der Waals surface area contributed by atoms with Gasteiger partial charge in [0.05, 0.1) is 14.2 Å². The zero-order chi connectivity index (χ0) is 18.4. The third-order valence-corrected chi connectivity index (χ3v) is 3.57. The number of hydrogen-bond acceptors (Lipinski definition) is 4. The molecule has 0 aliphatic heterocycles. The van der Waals surface area contributed by atoms with Crippen molar-refractivity contribution in [1.29, 1.82) is 0 Å². The Kier molecular flexibility index (Phi) is 6.05. The van der Waals surface area contributed by atoms with Crippen LogP contribution in [0.1, 0.15) is 15.9 Å². The number of carbonyl (C=O) groups excluding carboxylic acids is 2. The number of nitrogens with one attached hydrogen (secondary N) is 1. The number of esters is 1. The van der Waals surface area contributed by atoms with E-state index < -0.39 is 29.6 Å². The van der Waals surface area contributed by atoms with Crippen molar-refractivity contribution in [2.24, 2.45) is 0 Å². The zero-order valence-corrected chi connectivity index (χ0v) is 13.7. The lowest BCUT2D eigenvalue weighted by Gasteiger charge is -2.17. The summed E-state index contributed by atoms with van der Waals surface area (Å²) in [6.07, 6.45) is 0.173. The second-order valence-electron chi connectivity index (χ2n) is 5.23. The average Bonchev–Trinajstić information content (AvgIpc) is 2.63. The molecule has 0 fully saturated rings. The average molecular weight is 349 g/mol. The predicted molar refractivity (Wildman–Crippen MR) is 86.3 cm³/mol. The van der Waals surface area contributed by atoms with Gasteiger partial charge in [-0.05, 0) is 35.9 Å². The highest BCUT2D eigenvalue weighted by molar-refractivity contribution is 5.96. The summed E-state index contributed by atoms with van der Waals surface area (Å²) in [5.74, 6) is -2.89. The van der Waals surface area contributed by atoms with Crippen molar-refractivity contribution < 1.29 is 27.8 Å². The van der Waals surface area contributed by atoms with Crippen molar-refractivity contribution >= 4 is 11.9 Å². The van der Waals surface area contributed by atoms with E-state index in [0.717, 1.165) is 23.8 Å². The van der Waals surface area contributed by atoms with Gasteiger partial charge in [0.2, 0.25) is 0 Å². The van der Waals surface area contributed by atoms with Crippen molar-refractivity contribution in [1.82, 2.24) is 5.32 Å². The van der Waals surface area contributed by atoms with Crippen LogP contribution in [0.3, 0.4) is 0 Å². The minimum atomic E-state index is -1.14. The molecule has 0 saturated heterocycles. The summed E-state index contributed by atoms with van der Waals surface area (Å²) in [6.45, 7) is 0. The van der Waals surface area contributed by atoms with Gasteiger partial charge in [-0.1, -0.05) is 12.1 Å². The van der Waals surface area contributed by atoms with E-state index in [9.17, 15) is 18.4 Å². The molecule has 25 heavy (non-hydrogen) atoms. The number of carbonyl (C=O) groups is 2. The van der Waals surface area contributed by atoms with Crippen LogP contribution in [0, 0.1) is 11.6 Å². The topological polar surface area (TPSA) is 64.6 Å². The summed E-state index contributed by atoms with van der Waals surface area (Å²) in [4.78, 5) is 24.1. The van der Waals surface area contributed by atoms with Gasteiger partial charge in [0.25, 0.3) is 5.91 Å². The Hall–Kier alpha value is -2.96. The Morgan fingerprint density at radius 3 is 2.28 bits per heavy atom. The lowest BCUT2D eigenvalue weighted by Crippen LogP contribution is -2.43. The zero-order valence-electron chi connectivity index (χ0n) is 13.7. The first-order chi connectivity index (χ1) is 11.9. The first-order valence-corrected chi connectivity index (χ1v) is 7.41. The fraction of sp³-hybridized carbons (Fsp3) is 0.222. The molecular weight excluding hydrogens is 332 g/mol. The summed E-state index contributed by atoms with van der Waals surface area (Å²) in [6, 6.07) is 8.72. The highest BCUT2D eigenvalue weighted by Crippen LogP contribution is 2.14. The minimum Gasteiger partial charge on any atom is -0.497 e. The van der Waals surface area contributed by atoms with Crippen LogP contribution in [-0.2, 0) is 16.0 Å². The van der Waals surface area contributed by atoms with E-state index in [4.69, 9.17) is 9.47 Å². The molecule has 0 aliphatic rings. The van der Waals surface area contributed by atoms with E-state index in [-0.39, 0.29) is 12.0 Å². The number of hydrogen-bond donors (Lipinski definition) is 1. The molecule has 2 aromatic rings. The Morgan fingerprint density at radius 2 is 1.72 bits per heavy atom. The van der Waals surface area contributed by atoms with E-state index in [1.165, 1.54) is 14.2 Å². The third kappa shape index (κ3) is 4.76. The number of halogens is 2. The molecule has 5 nitrogen and oxygen atoms in total. The van der Waals surface area contributed by atoms with Crippen LogP contribution < -0.4 is 10.1 Å². The second-order valence-corrected chi connectivity index (χ2v) is 5.23. The predicted octanol–water partition coefficient (Wildman–Crippen LogP) is 2.49. The standard InChI is InChI=1S/C18H17F2NO4/c1-24-13-6-3-11(4-7-13)9-16(18(23)25-2)21-17(22)12-5-8-14(19)15(20)10-12/h3-8,10,16H,9H2,1-2H3,(H,21,22)/t16-/m1/s1. The maximum absolute atomic E-state index is 13.3. The molecule has 0 heterocycles. The molecule has 0 bridgehead atoms. The van der Waals surface area contributed by atoms with Crippen molar-refractivity contribution in [2.75, 3.05) is 14.2 Å². The Bertz CT molecular complexity index is 762. The quantitative estimate of drug-likeness (QED) is 0.814. The summed E-state index contributed by atoms with van der Waals surface area (Å²) in [5.41, 5.74) is 0.671. The first kappa shape index (κ1) is 18.4. The summed E-state index contributed by atoms with van der Waals surface area (Å²) < 4.78 is 36.0. The lowest BCUT2D eigenvalue weighted by atomic mass is 10.0. The van der Waals surface area contributed by atoms with Crippen LogP contribution in [0.4, 0.5) is 8.78 Å². The molecule has 0 aliphatic carbocycles. The SMILES string of the molecule is COC(=O)[C@@H](Cc1ccc(OC)cc1)NC(=O)c1ccc(F)c(F)c1. The lowest BCUT2D eigenvalue weighted by molar-refractivity contribution is -0.142. The maximum Gasteiger partial charge on any atom is 0.328 e. The number of amides is 1. The van der Waals surface area contributed by atoms with Gasteiger partial charge in [0.1, 0.15) is 11.8 Å². The van der Waals surface area contributed by atoms with E-state index in [2.05, 4.69) is 5.32 Å². The monoisotopic (exact) mass is 349 g/mol. The van der Waals surface area contributed by atoms with E-state index in [1.54, 1.807) is 24.3 Å². The highest BCUT2D eigenvalue weighted by atomic mass is 19.2. The molecular formula is C18H17F2NO4. The van der Waals surface area contributed by atoms with E-state index in [0.29, 0.717) is 5.75 Å². The van der Waals surface area contributed by atoms with E-state index in [1.807, 2.05) is 0 Å². The van der Waals surface area contributed by atoms with Gasteiger partial charge in [-0.15, -0.1) is 0 Å². The smallest absolute Gasteiger partial charge is 0.328 e. The van der Waals surface area contributed by atoms with Crippen molar-refractivity contribution in [2.45, 2.75) is 12.5 Å². The normalized spacial score (nSPS) is 11.5. The van der Waals surface area contributed by atoms with Crippen molar-refractivity contribution in [3.8, 4) is 5.75 Å². The number of benzene rings is 2. The number of methoxy groups -OCH3 is 2. The molecule has 0 unspecified atom stereocenters. The van der Waals surface area contributed by atoms with Crippen molar-refractivity contribution in [3.05, 3.63) is 65.2 Å². The van der Waals surface area contributed by atoms with Crippen LogP contribution in [0.25, 0.3) is 0 Å². The summed E-state index contributed by atoms with van der Waals surface area (Å²) in [5, 5.41) is 2.47. The molecule has 0 spiro atoms.